The fraction of sp³-hybridized carbons (Fsp3) is 0.286. The lowest BCUT2D eigenvalue weighted by atomic mass is 9.94. The third kappa shape index (κ3) is 3.67. The van der Waals surface area contributed by atoms with E-state index in [-0.39, 0.29) is 0 Å². The summed E-state index contributed by atoms with van der Waals surface area (Å²) in [6, 6.07) is 12.1. The van der Waals surface area contributed by atoms with Crippen molar-refractivity contribution in [1.82, 2.24) is 5.32 Å². The van der Waals surface area contributed by atoms with Crippen molar-refractivity contribution in [3.8, 4) is 0 Å². The van der Waals surface area contributed by atoms with Crippen LogP contribution in [0.5, 0.6) is 0 Å². The zero-order chi connectivity index (χ0) is 17.2. The summed E-state index contributed by atoms with van der Waals surface area (Å²) >= 11 is 12.8. The number of rotatable bonds is 2. The summed E-state index contributed by atoms with van der Waals surface area (Å²) in [6.45, 7) is 2.08. The van der Waals surface area contributed by atoms with Crippen LogP contribution in [0.4, 0.5) is 5.69 Å². The second-order valence-electron chi connectivity index (χ2n) is 6.60. The van der Waals surface area contributed by atoms with E-state index in [4.69, 9.17) is 28.2 Å². The van der Waals surface area contributed by atoms with Crippen molar-refractivity contribution in [3.63, 3.8) is 0 Å². The molecule has 0 spiro atoms. The molecule has 0 aliphatic carbocycles. The Hall–Kier alpha value is -1.61. The van der Waals surface area contributed by atoms with Crippen LogP contribution >= 0.6 is 23.2 Å². The van der Waals surface area contributed by atoms with Crippen molar-refractivity contribution < 1.29 is 0 Å². The number of hydrogen-bond acceptors (Lipinski definition) is 2. The third-order valence-corrected chi connectivity index (χ3v) is 5.46. The predicted molar refractivity (Wildman–Crippen MR) is 107 cm³/mol. The van der Waals surface area contributed by atoms with Crippen molar-refractivity contribution >= 4 is 34.6 Å². The van der Waals surface area contributed by atoms with Gasteiger partial charge in [0.1, 0.15) is 0 Å². The van der Waals surface area contributed by atoms with Crippen LogP contribution in [-0.2, 0) is 6.42 Å². The highest BCUT2D eigenvalue weighted by Crippen LogP contribution is 2.35. The van der Waals surface area contributed by atoms with Gasteiger partial charge in [0, 0.05) is 28.5 Å². The van der Waals surface area contributed by atoms with Crippen LogP contribution in [0.3, 0.4) is 0 Å². The van der Waals surface area contributed by atoms with E-state index in [2.05, 4.69) is 23.5 Å². The van der Waals surface area contributed by atoms with Crippen molar-refractivity contribution in [2.45, 2.75) is 25.7 Å². The highest BCUT2D eigenvalue weighted by Gasteiger charge is 2.20. The Morgan fingerprint density at radius 3 is 2.92 bits per heavy atom. The van der Waals surface area contributed by atoms with Gasteiger partial charge in [0.25, 0.3) is 0 Å². The molecule has 4 heteroatoms. The van der Waals surface area contributed by atoms with E-state index in [1.807, 2.05) is 24.3 Å². The van der Waals surface area contributed by atoms with Crippen molar-refractivity contribution in [1.29, 1.82) is 0 Å². The van der Waals surface area contributed by atoms with Gasteiger partial charge in [-0.2, -0.15) is 0 Å². The zero-order valence-electron chi connectivity index (χ0n) is 14.0. The average molecular weight is 371 g/mol. The van der Waals surface area contributed by atoms with Crippen LogP contribution < -0.4 is 5.32 Å². The Morgan fingerprint density at radius 2 is 2.00 bits per heavy atom. The Morgan fingerprint density at radius 1 is 1.08 bits per heavy atom. The number of nitrogens with one attached hydrogen (secondary N) is 1. The van der Waals surface area contributed by atoms with E-state index < -0.39 is 0 Å². The molecule has 2 nitrogen and oxygen atoms in total. The molecule has 2 aliphatic heterocycles. The predicted octanol–water partition coefficient (Wildman–Crippen LogP) is 5.72. The van der Waals surface area contributed by atoms with E-state index in [9.17, 15) is 0 Å². The summed E-state index contributed by atoms with van der Waals surface area (Å²) < 4.78 is 0. The molecule has 2 aliphatic rings. The lowest BCUT2D eigenvalue weighted by molar-refractivity contribution is 0.709. The number of hydrogen-bond donors (Lipinski definition) is 1. The van der Waals surface area contributed by atoms with Crippen molar-refractivity contribution in [2.24, 2.45) is 4.99 Å². The molecular formula is C21H20Cl2N2. The van der Waals surface area contributed by atoms with Crippen LogP contribution in [0.25, 0.3) is 0 Å². The second-order valence-corrected chi connectivity index (χ2v) is 7.45. The number of benzene rings is 2. The molecule has 0 bridgehead atoms. The first-order valence-electron chi connectivity index (χ1n) is 8.73. The van der Waals surface area contributed by atoms with Gasteiger partial charge < -0.3 is 5.32 Å². The first kappa shape index (κ1) is 16.8. The summed E-state index contributed by atoms with van der Waals surface area (Å²) in [4.78, 5) is 5.02. The maximum absolute atomic E-state index is 6.54. The van der Waals surface area contributed by atoms with Gasteiger partial charge in [0.15, 0.2) is 0 Å². The third-order valence-electron chi connectivity index (χ3n) is 4.87. The lowest BCUT2D eigenvalue weighted by Gasteiger charge is -2.12. The lowest BCUT2D eigenvalue weighted by Crippen LogP contribution is -2.14. The number of halogens is 2. The molecule has 1 N–H and O–H groups in total. The fourth-order valence-corrected chi connectivity index (χ4v) is 3.97. The van der Waals surface area contributed by atoms with E-state index in [1.165, 1.54) is 11.1 Å². The SMILES string of the molecule is Clc1ccc2c(c1)N=C(CC1=CCCNCC1)c1cccc(Cl)c1C2. The molecule has 0 aromatic heterocycles. The zero-order valence-corrected chi connectivity index (χ0v) is 15.5. The first-order valence-corrected chi connectivity index (χ1v) is 9.48. The van der Waals surface area contributed by atoms with Gasteiger partial charge in [0.2, 0.25) is 0 Å². The van der Waals surface area contributed by atoms with Crippen LogP contribution in [0.2, 0.25) is 10.0 Å². The molecule has 4 rings (SSSR count). The van der Waals surface area contributed by atoms with Gasteiger partial charge >= 0.3 is 0 Å². The van der Waals surface area contributed by atoms with Gasteiger partial charge in [-0.05, 0) is 55.3 Å². The van der Waals surface area contributed by atoms with Gasteiger partial charge in [-0.1, -0.05) is 53.1 Å². The molecule has 0 unspecified atom stereocenters. The van der Waals surface area contributed by atoms with Crippen molar-refractivity contribution in [2.75, 3.05) is 13.1 Å². The summed E-state index contributed by atoms with van der Waals surface area (Å²) in [5.74, 6) is 0. The van der Waals surface area contributed by atoms with Gasteiger partial charge in [-0.3, -0.25) is 4.99 Å². The maximum atomic E-state index is 6.54. The van der Waals surface area contributed by atoms with Crippen LogP contribution in [0, 0.1) is 0 Å². The number of fused-ring (bicyclic) bond motifs is 2. The molecule has 2 heterocycles. The van der Waals surface area contributed by atoms with Crippen LogP contribution in [0.15, 0.2) is 53.0 Å². The standard InChI is InChI=1S/C21H20Cl2N2/c22-16-7-6-15-12-18-17(4-1-5-19(18)23)21(25-20(15)13-16)11-14-3-2-9-24-10-8-14/h1,3-7,13,24H,2,8-12H2. The van der Waals surface area contributed by atoms with Gasteiger partial charge in [-0.15, -0.1) is 0 Å². The van der Waals surface area contributed by atoms with Crippen molar-refractivity contribution in [3.05, 3.63) is 74.8 Å². The number of nitrogens with zero attached hydrogens (tertiary/aromatic N) is 1. The molecule has 0 fully saturated rings. The summed E-state index contributed by atoms with van der Waals surface area (Å²) in [5, 5.41) is 4.98. The van der Waals surface area contributed by atoms with Crippen LogP contribution in [-0.4, -0.2) is 18.8 Å². The molecule has 0 amide bonds. The van der Waals surface area contributed by atoms with E-state index >= 15 is 0 Å². The Labute approximate surface area is 158 Å². The maximum Gasteiger partial charge on any atom is 0.0683 e. The summed E-state index contributed by atoms with van der Waals surface area (Å²) in [5.41, 5.74) is 6.99. The Bertz CT molecular complexity index is 868. The molecule has 25 heavy (non-hydrogen) atoms. The minimum atomic E-state index is 0.719. The Balaban J connectivity index is 1.81. The molecule has 0 saturated heterocycles. The highest BCUT2D eigenvalue weighted by atomic mass is 35.5. The van der Waals surface area contributed by atoms with Gasteiger partial charge in [-0.25, -0.2) is 0 Å². The van der Waals surface area contributed by atoms with E-state index in [0.717, 1.165) is 71.3 Å². The fourth-order valence-electron chi connectivity index (χ4n) is 3.56. The molecule has 0 saturated carbocycles. The summed E-state index contributed by atoms with van der Waals surface area (Å²) in [7, 11) is 0. The normalized spacial score (nSPS) is 16.9. The van der Waals surface area contributed by atoms with E-state index in [1.54, 1.807) is 0 Å². The van der Waals surface area contributed by atoms with Crippen LogP contribution in [0.1, 0.15) is 36.0 Å². The average Bonchev–Trinajstić information content (AvgIpc) is 2.94. The second kappa shape index (κ2) is 7.33. The molecule has 2 aromatic carbocycles. The molecule has 128 valence electrons. The monoisotopic (exact) mass is 370 g/mol. The smallest absolute Gasteiger partial charge is 0.0683 e. The largest absolute Gasteiger partial charge is 0.316 e. The summed E-state index contributed by atoms with van der Waals surface area (Å²) in [6.07, 6.45) is 6.15. The Kier molecular flexibility index (Phi) is 4.93. The quantitative estimate of drug-likeness (QED) is 0.671. The minimum absolute atomic E-state index is 0.719. The number of aliphatic imine (C=N–C) groups is 1. The molecular weight excluding hydrogens is 351 g/mol. The molecule has 2 aromatic rings. The minimum Gasteiger partial charge on any atom is -0.316 e. The molecule has 0 radical (unpaired) electrons. The topological polar surface area (TPSA) is 24.4 Å². The highest BCUT2D eigenvalue weighted by molar-refractivity contribution is 6.32. The van der Waals surface area contributed by atoms with E-state index in [0.29, 0.717) is 0 Å². The first-order chi connectivity index (χ1) is 12.2. The van der Waals surface area contributed by atoms with Gasteiger partial charge in [0.05, 0.1) is 11.4 Å². The molecule has 0 atom stereocenters.